The van der Waals surface area contributed by atoms with Crippen molar-refractivity contribution in [2.45, 2.75) is 6.92 Å². The van der Waals surface area contributed by atoms with E-state index in [0.717, 1.165) is 0 Å². The van der Waals surface area contributed by atoms with E-state index in [1.807, 2.05) is 6.92 Å². The SMILES string of the molecule is C=CC.OP(O)O.OP(O)O. The smallest absolute Gasteiger partial charge is 0.324 e. The number of allylic oxidation sites excluding steroid dienone is 1. The summed E-state index contributed by atoms with van der Waals surface area (Å²) in [6, 6.07) is 0. The van der Waals surface area contributed by atoms with Crippen molar-refractivity contribution in [3.8, 4) is 0 Å². The highest BCUT2D eigenvalue weighted by atomic mass is 31.2. The van der Waals surface area contributed by atoms with Crippen LogP contribution in [0.5, 0.6) is 0 Å². The number of rotatable bonds is 0. The lowest BCUT2D eigenvalue weighted by Gasteiger charge is -1.76. The summed E-state index contributed by atoms with van der Waals surface area (Å²) in [7, 11) is -5.24. The van der Waals surface area contributed by atoms with Gasteiger partial charge in [-0.2, -0.15) is 0 Å². The summed E-state index contributed by atoms with van der Waals surface area (Å²) in [6.07, 6.45) is 1.75. The van der Waals surface area contributed by atoms with Gasteiger partial charge in [0, 0.05) is 0 Å². The summed E-state index contributed by atoms with van der Waals surface area (Å²) < 4.78 is 0. The number of hydrogen-bond acceptors (Lipinski definition) is 6. The molecule has 0 saturated carbocycles. The van der Waals surface area contributed by atoms with Crippen LogP contribution in [0.25, 0.3) is 0 Å². The summed E-state index contributed by atoms with van der Waals surface area (Å²) in [4.78, 5) is 43.4. The Morgan fingerprint density at radius 2 is 0.909 bits per heavy atom. The van der Waals surface area contributed by atoms with Crippen LogP contribution in [0.3, 0.4) is 0 Å². The van der Waals surface area contributed by atoms with E-state index in [2.05, 4.69) is 6.58 Å². The highest BCUT2D eigenvalue weighted by Gasteiger charge is 1.76. The van der Waals surface area contributed by atoms with Gasteiger partial charge in [0.15, 0.2) is 0 Å². The quantitative estimate of drug-likeness (QED) is 0.236. The normalized spacial score (nSPS) is 7.73. The van der Waals surface area contributed by atoms with Crippen molar-refractivity contribution in [1.29, 1.82) is 0 Å². The molecule has 11 heavy (non-hydrogen) atoms. The van der Waals surface area contributed by atoms with Gasteiger partial charge in [0.1, 0.15) is 0 Å². The molecule has 0 aliphatic heterocycles. The molecule has 0 fully saturated rings. The zero-order chi connectivity index (χ0) is 9.86. The molecule has 0 atom stereocenters. The van der Waals surface area contributed by atoms with Crippen LogP contribution in [-0.2, 0) is 0 Å². The fourth-order valence-electron chi connectivity index (χ4n) is 0. The van der Waals surface area contributed by atoms with Gasteiger partial charge in [-0.25, -0.2) is 0 Å². The van der Waals surface area contributed by atoms with Crippen LogP contribution in [0.2, 0.25) is 0 Å². The minimum absolute atomic E-state index is 1.75. The first kappa shape index (κ1) is 17.4. The maximum atomic E-state index is 7.23. The summed E-state index contributed by atoms with van der Waals surface area (Å²) >= 11 is 0. The third-order valence-electron chi connectivity index (χ3n) is 0. The van der Waals surface area contributed by atoms with E-state index < -0.39 is 17.2 Å². The summed E-state index contributed by atoms with van der Waals surface area (Å²) in [6.45, 7) is 5.25. The van der Waals surface area contributed by atoms with Gasteiger partial charge in [0.25, 0.3) is 0 Å². The lowest BCUT2D eigenvalue weighted by Crippen LogP contribution is -1.54. The van der Waals surface area contributed by atoms with E-state index in [9.17, 15) is 0 Å². The van der Waals surface area contributed by atoms with Crippen molar-refractivity contribution in [2.24, 2.45) is 0 Å². The van der Waals surface area contributed by atoms with Crippen LogP contribution < -0.4 is 0 Å². The Labute approximate surface area is 67.1 Å². The van der Waals surface area contributed by atoms with E-state index in [1.165, 1.54) is 0 Å². The van der Waals surface area contributed by atoms with Gasteiger partial charge >= 0.3 is 17.2 Å². The third-order valence-corrected chi connectivity index (χ3v) is 0. The van der Waals surface area contributed by atoms with Crippen LogP contribution in [-0.4, -0.2) is 29.4 Å². The van der Waals surface area contributed by atoms with E-state index in [-0.39, 0.29) is 0 Å². The van der Waals surface area contributed by atoms with Crippen LogP contribution in [0.15, 0.2) is 12.7 Å². The number of hydrogen-bond donors (Lipinski definition) is 6. The molecule has 6 nitrogen and oxygen atoms in total. The lowest BCUT2D eigenvalue weighted by atomic mass is 10.8. The molecular formula is C3H12O6P2. The largest absolute Gasteiger partial charge is 0.328 e. The molecule has 0 bridgehead atoms. The van der Waals surface area contributed by atoms with Crippen LogP contribution in [0, 0.1) is 0 Å². The van der Waals surface area contributed by atoms with E-state index in [4.69, 9.17) is 29.4 Å². The molecule has 0 heterocycles. The van der Waals surface area contributed by atoms with Crippen molar-refractivity contribution in [2.75, 3.05) is 0 Å². The maximum absolute atomic E-state index is 7.23. The molecular weight excluding hydrogens is 194 g/mol. The Hall–Kier alpha value is 0.360. The molecule has 0 spiro atoms. The van der Waals surface area contributed by atoms with Crippen LogP contribution in [0.1, 0.15) is 6.92 Å². The minimum Gasteiger partial charge on any atom is -0.328 e. The highest BCUT2D eigenvalue weighted by Crippen LogP contribution is 2.12. The zero-order valence-electron chi connectivity index (χ0n) is 5.86. The molecule has 0 rings (SSSR count). The highest BCUT2D eigenvalue weighted by molar-refractivity contribution is 7.38. The molecule has 0 saturated heterocycles. The van der Waals surface area contributed by atoms with Crippen LogP contribution in [0.4, 0.5) is 0 Å². The molecule has 0 radical (unpaired) electrons. The first-order valence-corrected chi connectivity index (χ1v) is 4.59. The predicted octanol–water partition coefficient (Wildman–Crippen LogP) is -0.427. The van der Waals surface area contributed by atoms with Crippen molar-refractivity contribution >= 4 is 17.2 Å². The second-order valence-corrected chi connectivity index (χ2v) is 2.02. The third kappa shape index (κ3) is 5590. The minimum atomic E-state index is -2.62. The molecule has 0 aliphatic carbocycles. The fraction of sp³-hybridized carbons (Fsp3) is 0.333. The second-order valence-electron chi connectivity index (χ2n) is 0.945. The second kappa shape index (κ2) is 16.8. The standard InChI is InChI=1S/C3H6.2H3O3P/c1-3-2;2*1-4(2)3/h3H,1H2,2H3;2*1-3H. The van der Waals surface area contributed by atoms with E-state index >= 15 is 0 Å². The van der Waals surface area contributed by atoms with Crippen molar-refractivity contribution in [3.63, 3.8) is 0 Å². The molecule has 0 amide bonds. The first-order valence-electron chi connectivity index (χ1n) is 2.19. The Bertz CT molecular complexity index is 55.3. The van der Waals surface area contributed by atoms with E-state index in [0.29, 0.717) is 0 Å². The predicted molar refractivity (Wildman–Crippen MR) is 43.0 cm³/mol. The van der Waals surface area contributed by atoms with E-state index in [1.54, 1.807) is 6.08 Å². The van der Waals surface area contributed by atoms with Crippen molar-refractivity contribution in [1.82, 2.24) is 0 Å². The van der Waals surface area contributed by atoms with Crippen molar-refractivity contribution in [3.05, 3.63) is 12.7 Å². The average molecular weight is 206 g/mol. The zero-order valence-corrected chi connectivity index (χ0v) is 7.65. The molecule has 0 aliphatic rings. The van der Waals surface area contributed by atoms with Gasteiger partial charge in [-0.1, -0.05) is 6.08 Å². The van der Waals surface area contributed by atoms with Crippen molar-refractivity contribution < 1.29 is 29.4 Å². The molecule has 0 aromatic heterocycles. The Morgan fingerprint density at radius 1 is 0.909 bits per heavy atom. The molecule has 0 aromatic rings. The Balaban J connectivity index is -0.0000000886. The molecule has 0 aromatic carbocycles. The topological polar surface area (TPSA) is 121 Å². The van der Waals surface area contributed by atoms with Gasteiger partial charge in [-0.15, -0.1) is 6.58 Å². The van der Waals surface area contributed by atoms with Gasteiger partial charge in [0.05, 0.1) is 0 Å². The Morgan fingerprint density at radius 3 is 0.909 bits per heavy atom. The molecule has 70 valence electrons. The van der Waals surface area contributed by atoms with Gasteiger partial charge in [0.2, 0.25) is 0 Å². The van der Waals surface area contributed by atoms with Gasteiger partial charge in [-0.05, 0) is 6.92 Å². The molecule has 0 unspecified atom stereocenters. The van der Waals surface area contributed by atoms with Crippen LogP contribution >= 0.6 is 17.2 Å². The summed E-state index contributed by atoms with van der Waals surface area (Å²) in [5.41, 5.74) is 0. The molecule has 8 heteroatoms. The van der Waals surface area contributed by atoms with Gasteiger partial charge in [-0.3, -0.25) is 0 Å². The lowest BCUT2D eigenvalue weighted by molar-refractivity contribution is 0.366. The van der Waals surface area contributed by atoms with Gasteiger partial charge < -0.3 is 29.4 Å². The summed E-state index contributed by atoms with van der Waals surface area (Å²) in [5, 5.41) is 0. The fourth-order valence-corrected chi connectivity index (χ4v) is 0. The Kier molecular flexibility index (Phi) is 26.6. The summed E-state index contributed by atoms with van der Waals surface area (Å²) in [5.74, 6) is 0. The maximum Gasteiger partial charge on any atom is 0.324 e. The first-order chi connectivity index (χ1) is 4.88. The monoisotopic (exact) mass is 206 g/mol. The molecule has 6 N–H and O–H groups in total. The average Bonchev–Trinajstić information content (AvgIpc) is 1.60.